The molecular weight excluding hydrogens is 865 g/mol. The highest BCUT2D eigenvalue weighted by atomic mass is 16.5. The zero-order valence-electron chi connectivity index (χ0n) is 46.6. The van der Waals surface area contributed by atoms with Gasteiger partial charge in [-0.1, -0.05) is 168 Å². The summed E-state index contributed by atoms with van der Waals surface area (Å²) in [7, 11) is 0. The summed E-state index contributed by atoms with van der Waals surface area (Å²) in [6.07, 6.45) is 1.72. The van der Waals surface area contributed by atoms with Crippen molar-refractivity contribution in [2.45, 2.75) is 112 Å². The maximum atomic E-state index is 8.71. The maximum absolute atomic E-state index is 8.71. The van der Waals surface area contributed by atoms with Gasteiger partial charge in [-0.25, -0.2) is 4.98 Å². The average molecular weight is 937 g/mol. The molecule has 0 unspecified atom stereocenters. The predicted molar refractivity (Wildman–Crippen MR) is 300 cm³/mol. The molecule has 5 heterocycles. The second kappa shape index (κ2) is 16.1. The topological polar surface area (TPSA) is 27.1 Å². The lowest BCUT2D eigenvalue weighted by Gasteiger charge is -2.56. The Kier molecular flexibility index (Phi) is 9.77. The van der Waals surface area contributed by atoms with Gasteiger partial charge in [-0.3, -0.25) is 13.5 Å². The third kappa shape index (κ3) is 7.80. The van der Waals surface area contributed by atoms with E-state index in [1.54, 1.807) is 12.3 Å². The third-order valence-electron chi connectivity index (χ3n) is 15.2. The molecule has 1 saturated heterocycles. The Labute approximate surface area is 426 Å². The van der Waals surface area contributed by atoms with E-state index in [1.165, 1.54) is 50.4 Å². The molecule has 3 aliphatic heterocycles. The maximum Gasteiger partial charge on any atom is 0.188 e. The van der Waals surface area contributed by atoms with Crippen LogP contribution in [0.5, 0.6) is 11.5 Å². The third-order valence-corrected chi connectivity index (χ3v) is 15.2. The van der Waals surface area contributed by atoms with Crippen LogP contribution in [0.2, 0.25) is 0 Å². The van der Waals surface area contributed by atoms with Crippen molar-refractivity contribution in [3.63, 3.8) is 0 Å². The van der Waals surface area contributed by atoms with Crippen molar-refractivity contribution >= 4 is 44.6 Å². The lowest BCUT2D eigenvalue weighted by molar-refractivity contribution is 0.187. The summed E-state index contributed by atoms with van der Waals surface area (Å²) >= 11 is 0. The predicted octanol–water partition coefficient (Wildman–Crippen LogP) is 18.2. The van der Waals surface area contributed by atoms with Crippen LogP contribution >= 0.6 is 0 Å². The normalized spacial score (nSPS) is 18.7. The minimum atomic E-state index is -2.38. The molecule has 7 aromatic carbocycles. The van der Waals surface area contributed by atoms with Gasteiger partial charge in [-0.2, -0.15) is 0 Å². The summed E-state index contributed by atoms with van der Waals surface area (Å²) in [5.74, 6) is 1.92. The molecular formula is C66H69N4O+. The van der Waals surface area contributed by atoms with Crippen LogP contribution in [-0.4, -0.2) is 16.2 Å². The van der Waals surface area contributed by atoms with Gasteiger partial charge in [0.15, 0.2) is 18.0 Å². The van der Waals surface area contributed by atoms with E-state index >= 15 is 0 Å². The molecule has 5 nitrogen and oxygen atoms in total. The standard InChI is InChI=1S/C66H69N4O/c1-43-33-61(67-40-57(43)44-27-29-46(30-28-44)63(2,3)4)68-58-25-15-14-23-55(58)56-32-31-53(39-59(56)68)71-52-22-17-21-50(38-52)69-41-70(42-69,51-36-48(65(8,9)10)35-49(37-51)66(11,12)13)62-54(24-18-26-60(62)69)45-19-16-20-47(34-45)64(5,6)7/h14-41H,42H2,1-13H3/q+1/t69-,70+/m1/s1/i1D3. The number of para-hydroxylation sites is 2. The number of nitrogens with zero attached hydrogens (tertiary/aromatic N) is 4. The van der Waals surface area contributed by atoms with Crippen LogP contribution in [0.4, 0.5) is 22.7 Å². The molecule has 2 bridgehead atoms. The largest absolute Gasteiger partial charge is 0.457 e. The average Bonchev–Trinajstić information content (AvgIpc) is 4.06. The first-order valence-corrected chi connectivity index (χ1v) is 25.2. The molecule has 0 amide bonds. The Morgan fingerprint density at radius 1 is 0.507 bits per heavy atom. The smallest absolute Gasteiger partial charge is 0.188 e. The molecule has 1 fully saturated rings. The Hall–Kier alpha value is -6.79. The molecule has 0 radical (unpaired) electrons. The Balaban J connectivity index is 1.01. The molecule has 2 aromatic heterocycles. The molecule has 0 saturated carbocycles. The highest BCUT2D eigenvalue weighted by Gasteiger charge is 2.64. The van der Waals surface area contributed by atoms with Gasteiger partial charge in [0, 0.05) is 62.5 Å². The van der Waals surface area contributed by atoms with Gasteiger partial charge in [-0.05, 0) is 110 Å². The van der Waals surface area contributed by atoms with E-state index in [4.69, 9.17) is 13.8 Å². The van der Waals surface area contributed by atoms with Gasteiger partial charge < -0.3 is 4.74 Å². The van der Waals surface area contributed by atoms with Gasteiger partial charge in [0.2, 0.25) is 0 Å². The van der Waals surface area contributed by atoms with Gasteiger partial charge in [0.25, 0.3) is 0 Å². The molecule has 3 aliphatic rings. The highest BCUT2D eigenvalue weighted by Crippen LogP contribution is 2.68. The number of aromatic nitrogens is 2. The van der Waals surface area contributed by atoms with Crippen molar-refractivity contribution in [2.24, 2.45) is 0 Å². The Bertz CT molecular complexity index is 3650. The summed E-state index contributed by atoms with van der Waals surface area (Å²) in [6, 6.07) is 56.3. The Morgan fingerprint density at radius 2 is 1.15 bits per heavy atom. The van der Waals surface area contributed by atoms with Gasteiger partial charge >= 0.3 is 0 Å². The number of hydrogen-bond donors (Lipinski definition) is 0. The van der Waals surface area contributed by atoms with Crippen molar-refractivity contribution in [1.29, 1.82) is 0 Å². The van der Waals surface area contributed by atoms with Gasteiger partial charge in [0.1, 0.15) is 28.7 Å². The molecule has 0 N–H and O–H groups in total. The fourth-order valence-corrected chi connectivity index (χ4v) is 11.0. The van der Waals surface area contributed by atoms with E-state index in [0.717, 1.165) is 45.5 Å². The first kappa shape index (κ1) is 43.0. The number of ether oxygens (including phenoxy) is 1. The van der Waals surface area contributed by atoms with Crippen molar-refractivity contribution < 1.29 is 8.85 Å². The number of pyridine rings is 1. The molecule has 71 heavy (non-hydrogen) atoms. The van der Waals surface area contributed by atoms with Crippen LogP contribution < -0.4 is 13.7 Å². The van der Waals surface area contributed by atoms with Crippen molar-refractivity contribution in [2.75, 3.05) is 6.67 Å². The fraction of sp³-hybridized carbons (Fsp3) is 0.273. The second-order valence-electron chi connectivity index (χ2n) is 24.3. The van der Waals surface area contributed by atoms with Crippen LogP contribution in [0, 0.1) is 13.5 Å². The van der Waals surface area contributed by atoms with Crippen LogP contribution in [0.25, 0.3) is 49.9 Å². The molecule has 0 aliphatic carbocycles. The molecule has 0 spiro atoms. The highest BCUT2D eigenvalue weighted by molar-refractivity contribution is 6.09. The summed E-state index contributed by atoms with van der Waals surface area (Å²) < 4.78 is 36.3. The summed E-state index contributed by atoms with van der Waals surface area (Å²) in [4.78, 5) is 5.01. The lowest BCUT2D eigenvalue weighted by atomic mass is 9.80. The molecule has 5 heteroatoms. The van der Waals surface area contributed by atoms with Crippen LogP contribution in [0.3, 0.4) is 0 Å². The van der Waals surface area contributed by atoms with E-state index in [2.05, 4.69) is 210 Å². The molecule has 2 atom stereocenters. The van der Waals surface area contributed by atoms with Crippen molar-refractivity contribution in [3.8, 4) is 39.6 Å². The fourth-order valence-electron chi connectivity index (χ4n) is 11.0. The number of benzene rings is 7. The quantitative estimate of drug-likeness (QED) is 0.118. The minimum Gasteiger partial charge on any atom is -0.457 e. The minimum absolute atomic E-state index is 0.00168. The number of aryl methyl sites for hydroxylation is 1. The van der Waals surface area contributed by atoms with E-state index in [-0.39, 0.29) is 27.2 Å². The van der Waals surface area contributed by atoms with E-state index < -0.39 is 6.85 Å². The number of rotatable bonds is 7. The number of quaternary nitrogens is 2. The number of fused-ring (bicyclic) bond motifs is 3. The monoisotopic (exact) mass is 937 g/mol. The van der Waals surface area contributed by atoms with Crippen LogP contribution in [0.15, 0.2) is 164 Å². The second-order valence-corrected chi connectivity index (χ2v) is 24.3. The van der Waals surface area contributed by atoms with Gasteiger partial charge in [-0.15, -0.1) is 0 Å². The van der Waals surface area contributed by atoms with Crippen molar-refractivity contribution in [1.82, 2.24) is 18.5 Å². The van der Waals surface area contributed by atoms with Crippen molar-refractivity contribution in [3.05, 3.63) is 198 Å². The number of hydrogen-bond acceptors (Lipinski definition) is 2. The van der Waals surface area contributed by atoms with E-state index in [0.29, 0.717) is 26.1 Å². The zero-order chi connectivity index (χ0) is 52.5. The summed E-state index contributed by atoms with van der Waals surface area (Å²) in [5.41, 5.74) is 16.0. The first-order valence-electron chi connectivity index (χ1n) is 26.7. The molecule has 9 aromatic rings. The van der Waals surface area contributed by atoms with Gasteiger partial charge in [0.05, 0.1) is 17.7 Å². The van der Waals surface area contributed by atoms with E-state index in [9.17, 15) is 0 Å². The summed E-state index contributed by atoms with van der Waals surface area (Å²) in [5, 5.41) is 2.06. The molecule has 358 valence electrons. The SMILES string of the molecule is [2H]C([2H])([2H])c1cc(-n2c3ccccc3c3ccc(Oc4cccc([N@@+]56[CH-][N@@+](c7cc(C(C)(C)C)cc(C(C)(C)C)c7)(C5)c5c(-c7cccc(C(C)(C)C)c7)cccc56)c4)cc32)ncc1-c1ccc(C(C)(C)C)cc1. The Morgan fingerprint density at radius 3 is 1.85 bits per heavy atom. The first-order chi connectivity index (χ1) is 34.7. The zero-order valence-corrected chi connectivity index (χ0v) is 43.6. The molecule has 12 rings (SSSR count). The lowest BCUT2D eigenvalue weighted by Crippen LogP contribution is -2.67. The van der Waals surface area contributed by atoms with Crippen LogP contribution in [-0.2, 0) is 21.7 Å². The van der Waals surface area contributed by atoms with Crippen LogP contribution in [0.1, 0.15) is 115 Å². The van der Waals surface area contributed by atoms with E-state index in [1.807, 2.05) is 36.4 Å². The summed E-state index contributed by atoms with van der Waals surface area (Å²) in [6.45, 7) is 28.3.